The summed E-state index contributed by atoms with van der Waals surface area (Å²) in [5.74, 6) is -0.581. The lowest BCUT2D eigenvalue weighted by atomic mass is 10.1. The van der Waals surface area contributed by atoms with E-state index in [4.69, 9.17) is 16.9 Å². The van der Waals surface area contributed by atoms with Gasteiger partial charge in [-0.05, 0) is 18.6 Å². The summed E-state index contributed by atoms with van der Waals surface area (Å²) < 4.78 is 13.3. The van der Waals surface area contributed by atoms with Crippen molar-refractivity contribution < 1.29 is 9.18 Å². The van der Waals surface area contributed by atoms with E-state index in [1.165, 1.54) is 12.1 Å². The van der Waals surface area contributed by atoms with Crippen LogP contribution in [0.15, 0.2) is 18.2 Å². The van der Waals surface area contributed by atoms with E-state index in [9.17, 15) is 9.18 Å². The third kappa shape index (κ3) is 4.41. The van der Waals surface area contributed by atoms with Gasteiger partial charge in [0.15, 0.2) is 0 Å². The summed E-state index contributed by atoms with van der Waals surface area (Å²) in [4.78, 5) is 11.2. The van der Waals surface area contributed by atoms with Gasteiger partial charge in [0.05, 0.1) is 6.07 Å². The van der Waals surface area contributed by atoms with Crippen LogP contribution >= 0.6 is 11.6 Å². The Morgan fingerprint density at radius 3 is 2.94 bits per heavy atom. The van der Waals surface area contributed by atoms with E-state index in [1.807, 2.05) is 6.07 Å². The van der Waals surface area contributed by atoms with Gasteiger partial charge in [-0.3, -0.25) is 4.79 Å². The Labute approximate surface area is 104 Å². The second-order valence-corrected chi connectivity index (χ2v) is 3.87. The van der Waals surface area contributed by atoms with Crippen LogP contribution in [0, 0.1) is 17.1 Å². The van der Waals surface area contributed by atoms with Crippen molar-refractivity contribution in [2.75, 3.05) is 6.54 Å². The summed E-state index contributed by atoms with van der Waals surface area (Å²) in [6.45, 7) is 0.310. The van der Waals surface area contributed by atoms with Gasteiger partial charge in [0.25, 0.3) is 0 Å². The van der Waals surface area contributed by atoms with Gasteiger partial charge in [0, 0.05) is 30.0 Å². The monoisotopic (exact) mass is 254 g/mol. The van der Waals surface area contributed by atoms with Gasteiger partial charge >= 0.3 is 0 Å². The summed E-state index contributed by atoms with van der Waals surface area (Å²) in [6.07, 6.45) is 0.692. The number of carbonyl (C=O) groups excluding carboxylic acids is 1. The van der Waals surface area contributed by atoms with Crippen molar-refractivity contribution in [1.82, 2.24) is 5.32 Å². The summed E-state index contributed by atoms with van der Waals surface area (Å²) in [7, 11) is 0. The number of amides is 1. The van der Waals surface area contributed by atoms with Gasteiger partial charge in [-0.1, -0.05) is 17.7 Å². The minimum atomic E-state index is -0.372. The fourth-order valence-corrected chi connectivity index (χ4v) is 1.61. The second kappa shape index (κ2) is 6.87. The third-order valence-corrected chi connectivity index (χ3v) is 2.58. The Hall–Kier alpha value is -1.60. The van der Waals surface area contributed by atoms with Crippen LogP contribution in [0.2, 0.25) is 5.02 Å². The van der Waals surface area contributed by atoms with Crippen molar-refractivity contribution in [1.29, 1.82) is 5.26 Å². The highest BCUT2D eigenvalue weighted by atomic mass is 35.5. The molecule has 0 atom stereocenters. The van der Waals surface area contributed by atoms with Gasteiger partial charge in [-0.2, -0.15) is 5.26 Å². The van der Waals surface area contributed by atoms with E-state index in [0.717, 1.165) is 0 Å². The molecule has 1 N–H and O–H groups in total. The predicted molar refractivity (Wildman–Crippen MR) is 63.0 cm³/mol. The summed E-state index contributed by atoms with van der Waals surface area (Å²) in [5, 5.41) is 11.3. The molecule has 0 heterocycles. The first-order valence-corrected chi connectivity index (χ1v) is 5.59. The molecule has 90 valence electrons. The number of nitriles is 1. The fraction of sp³-hybridized carbons (Fsp3) is 0.333. The fourth-order valence-electron chi connectivity index (χ4n) is 1.36. The smallest absolute Gasteiger partial charge is 0.221 e. The molecule has 0 spiro atoms. The van der Waals surface area contributed by atoms with E-state index in [1.54, 1.807) is 6.07 Å². The van der Waals surface area contributed by atoms with E-state index >= 15 is 0 Å². The number of carbonyl (C=O) groups is 1. The van der Waals surface area contributed by atoms with Gasteiger partial charge in [0.1, 0.15) is 5.82 Å². The first-order valence-electron chi connectivity index (χ1n) is 5.21. The Morgan fingerprint density at radius 1 is 1.53 bits per heavy atom. The van der Waals surface area contributed by atoms with Crippen molar-refractivity contribution in [2.24, 2.45) is 0 Å². The molecule has 5 heteroatoms. The van der Waals surface area contributed by atoms with Crippen LogP contribution in [0.25, 0.3) is 0 Å². The minimum absolute atomic E-state index is 0.168. The van der Waals surface area contributed by atoms with E-state index in [-0.39, 0.29) is 24.6 Å². The molecule has 0 aliphatic rings. The number of halogens is 2. The maximum Gasteiger partial charge on any atom is 0.221 e. The van der Waals surface area contributed by atoms with Crippen LogP contribution in [0.3, 0.4) is 0 Å². The molecule has 0 bridgehead atoms. The number of rotatable bonds is 5. The third-order valence-electron chi connectivity index (χ3n) is 2.22. The number of nitrogens with one attached hydrogen (secondary N) is 1. The van der Waals surface area contributed by atoms with Gasteiger partial charge in [-0.25, -0.2) is 4.39 Å². The highest BCUT2D eigenvalue weighted by Gasteiger charge is 2.07. The summed E-state index contributed by atoms with van der Waals surface area (Å²) in [5.41, 5.74) is 0.398. The highest BCUT2D eigenvalue weighted by molar-refractivity contribution is 6.31. The molecule has 0 saturated heterocycles. The zero-order valence-electron chi connectivity index (χ0n) is 9.17. The van der Waals surface area contributed by atoms with Crippen LogP contribution in [0.5, 0.6) is 0 Å². The maximum absolute atomic E-state index is 13.3. The zero-order valence-corrected chi connectivity index (χ0v) is 9.93. The first-order chi connectivity index (χ1) is 8.15. The number of hydrogen-bond acceptors (Lipinski definition) is 2. The lowest BCUT2D eigenvalue weighted by Gasteiger charge is -2.06. The Bertz CT molecular complexity index is 422. The van der Waals surface area contributed by atoms with E-state index < -0.39 is 0 Å². The lowest BCUT2D eigenvalue weighted by molar-refractivity contribution is -0.120. The van der Waals surface area contributed by atoms with Crippen molar-refractivity contribution >= 4 is 17.5 Å². The molecular formula is C12H12ClFN2O. The Balaban J connectivity index is 2.41. The van der Waals surface area contributed by atoms with Crippen molar-refractivity contribution in [3.63, 3.8) is 0 Å². The largest absolute Gasteiger partial charge is 0.356 e. The minimum Gasteiger partial charge on any atom is -0.356 e. The molecule has 0 saturated carbocycles. The molecule has 1 aromatic rings. The van der Waals surface area contributed by atoms with E-state index in [2.05, 4.69) is 5.32 Å². The molecule has 0 aromatic heterocycles. The molecular weight excluding hydrogens is 243 g/mol. The molecule has 17 heavy (non-hydrogen) atoms. The van der Waals surface area contributed by atoms with Gasteiger partial charge in [-0.15, -0.1) is 0 Å². The molecule has 1 amide bonds. The van der Waals surface area contributed by atoms with E-state index in [0.29, 0.717) is 23.6 Å². The molecule has 1 rings (SSSR count). The summed E-state index contributed by atoms with van der Waals surface area (Å²) in [6, 6.07) is 6.36. The van der Waals surface area contributed by atoms with Crippen molar-refractivity contribution in [3.8, 4) is 6.07 Å². The van der Waals surface area contributed by atoms with Crippen LogP contribution in [-0.4, -0.2) is 12.5 Å². The highest BCUT2D eigenvalue weighted by Crippen LogP contribution is 2.18. The second-order valence-electron chi connectivity index (χ2n) is 3.46. The molecule has 0 aliphatic heterocycles. The predicted octanol–water partition coefficient (Wildman–Crippen LogP) is 2.44. The number of hydrogen-bond donors (Lipinski definition) is 1. The molecule has 1 aromatic carbocycles. The first kappa shape index (κ1) is 13.5. The molecule has 0 aliphatic carbocycles. The Morgan fingerprint density at radius 2 is 2.29 bits per heavy atom. The molecule has 0 unspecified atom stereocenters. The average molecular weight is 255 g/mol. The SMILES string of the molecule is N#CCCC(=O)NCCc1c(F)cccc1Cl. The quantitative estimate of drug-likeness (QED) is 0.877. The molecule has 3 nitrogen and oxygen atoms in total. The lowest BCUT2D eigenvalue weighted by Crippen LogP contribution is -2.25. The topological polar surface area (TPSA) is 52.9 Å². The van der Waals surface area contributed by atoms with Crippen LogP contribution in [0.4, 0.5) is 4.39 Å². The molecule has 0 fully saturated rings. The number of nitrogens with zero attached hydrogens (tertiary/aromatic N) is 1. The Kier molecular flexibility index (Phi) is 5.44. The normalized spacial score (nSPS) is 9.71. The summed E-state index contributed by atoms with van der Waals surface area (Å²) >= 11 is 5.83. The van der Waals surface area contributed by atoms with Gasteiger partial charge in [0.2, 0.25) is 5.91 Å². The average Bonchev–Trinajstić information content (AvgIpc) is 2.30. The van der Waals surface area contributed by atoms with Crippen molar-refractivity contribution in [2.45, 2.75) is 19.3 Å². The van der Waals surface area contributed by atoms with Crippen molar-refractivity contribution in [3.05, 3.63) is 34.6 Å². The maximum atomic E-state index is 13.3. The number of benzene rings is 1. The van der Waals surface area contributed by atoms with Crippen LogP contribution in [-0.2, 0) is 11.2 Å². The van der Waals surface area contributed by atoms with Crippen LogP contribution in [0.1, 0.15) is 18.4 Å². The standard InChI is InChI=1S/C12H12ClFN2O/c13-10-3-1-4-11(14)9(10)6-8-16-12(17)5-2-7-15/h1,3-4H,2,5-6,8H2,(H,16,17). The van der Waals surface area contributed by atoms with Crippen LogP contribution < -0.4 is 5.32 Å². The van der Waals surface area contributed by atoms with Gasteiger partial charge < -0.3 is 5.32 Å². The molecule has 0 radical (unpaired) electrons. The zero-order chi connectivity index (χ0) is 12.7.